The van der Waals surface area contributed by atoms with E-state index >= 15 is 0 Å². The van der Waals surface area contributed by atoms with Crippen molar-refractivity contribution in [3.05, 3.63) is 70.9 Å². The number of nitrogens with one attached hydrogen (secondary N) is 1. The van der Waals surface area contributed by atoms with Crippen molar-refractivity contribution < 1.29 is 22.4 Å². The van der Waals surface area contributed by atoms with Gasteiger partial charge in [0.25, 0.3) is 5.91 Å². The zero-order chi connectivity index (χ0) is 19.7. The molecule has 3 aromatic rings. The van der Waals surface area contributed by atoms with Crippen molar-refractivity contribution in [2.75, 3.05) is 5.32 Å². The van der Waals surface area contributed by atoms with Crippen LogP contribution in [0.3, 0.4) is 0 Å². The predicted octanol–water partition coefficient (Wildman–Crippen LogP) is 4.69. The van der Waals surface area contributed by atoms with Crippen molar-refractivity contribution >= 4 is 11.6 Å². The lowest BCUT2D eigenvalue weighted by molar-refractivity contribution is 0.101. The highest BCUT2D eigenvalue weighted by atomic mass is 19.1. The minimum atomic E-state index is -1.34. The Morgan fingerprint density at radius 2 is 1.70 bits per heavy atom. The Balaban J connectivity index is 1.89. The summed E-state index contributed by atoms with van der Waals surface area (Å²) in [4.78, 5) is 12.1. The number of amides is 1. The summed E-state index contributed by atoms with van der Waals surface area (Å²) in [6.45, 7) is 4.20. The zero-order valence-corrected chi connectivity index (χ0v) is 14.5. The molecule has 0 fully saturated rings. The van der Waals surface area contributed by atoms with Gasteiger partial charge in [-0.25, -0.2) is 17.6 Å². The lowest BCUT2D eigenvalue weighted by Crippen LogP contribution is -2.16. The van der Waals surface area contributed by atoms with Crippen molar-refractivity contribution in [2.24, 2.45) is 0 Å². The van der Waals surface area contributed by atoms with Gasteiger partial charge in [-0.15, -0.1) is 0 Å². The molecule has 8 heteroatoms. The quantitative estimate of drug-likeness (QED) is 0.671. The summed E-state index contributed by atoms with van der Waals surface area (Å²) in [5.74, 6) is -5.61. The molecule has 2 aromatic carbocycles. The Morgan fingerprint density at radius 1 is 1.04 bits per heavy atom. The molecular formula is C19H15F4N3O. The molecule has 1 N–H and O–H groups in total. The summed E-state index contributed by atoms with van der Waals surface area (Å²) in [5, 5.41) is 6.46. The van der Waals surface area contributed by atoms with Crippen LogP contribution in [0, 0.1) is 30.2 Å². The van der Waals surface area contributed by atoms with Crippen LogP contribution in [0.5, 0.6) is 0 Å². The van der Waals surface area contributed by atoms with E-state index in [0.717, 1.165) is 11.8 Å². The Kier molecular flexibility index (Phi) is 4.98. The molecule has 1 heterocycles. The molecule has 0 spiro atoms. The standard InChI is InChI=1S/C19H15F4N3O/c1-3-26-17(6-10(2)25-26)13-5-4-12(9-14(13)21)24-19(27)18-15(22)7-11(20)8-16(18)23/h4-9H,3H2,1-2H3,(H,24,27). The second-order valence-electron chi connectivity index (χ2n) is 5.88. The normalized spacial score (nSPS) is 10.9. The molecule has 4 nitrogen and oxygen atoms in total. The first-order valence-corrected chi connectivity index (χ1v) is 8.10. The van der Waals surface area contributed by atoms with Crippen LogP contribution in [-0.4, -0.2) is 15.7 Å². The minimum Gasteiger partial charge on any atom is -0.322 e. The molecular weight excluding hydrogens is 362 g/mol. The SMILES string of the molecule is CCn1nc(C)cc1-c1ccc(NC(=O)c2c(F)cc(F)cc2F)cc1F. The van der Waals surface area contributed by atoms with Crippen LogP contribution < -0.4 is 5.32 Å². The van der Waals surface area contributed by atoms with Crippen molar-refractivity contribution in [1.82, 2.24) is 9.78 Å². The first-order valence-electron chi connectivity index (χ1n) is 8.10. The van der Waals surface area contributed by atoms with Gasteiger partial charge in [0, 0.05) is 29.9 Å². The Hall–Kier alpha value is -3.16. The predicted molar refractivity (Wildman–Crippen MR) is 92.3 cm³/mol. The number of aryl methyl sites for hydroxylation is 2. The maximum absolute atomic E-state index is 14.5. The molecule has 0 aliphatic carbocycles. The van der Waals surface area contributed by atoms with E-state index in [9.17, 15) is 22.4 Å². The van der Waals surface area contributed by atoms with Gasteiger partial charge in [-0.2, -0.15) is 5.10 Å². The first-order chi connectivity index (χ1) is 12.8. The van der Waals surface area contributed by atoms with Gasteiger partial charge in [0.2, 0.25) is 0 Å². The van der Waals surface area contributed by atoms with Crippen LogP contribution >= 0.6 is 0 Å². The lowest BCUT2D eigenvalue weighted by atomic mass is 10.1. The van der Waals surface area contributed by atoms with Crippen molar-refractivity contribution in [3.63, 3.8) is 0 Å². The van der Waals surface area contributed by atoms with Gasteiger partial charge in [0.1, 0.15) is 28.8 Å². The Labute approximate surface area is 152 Å². The van der Waals surface area contributed by atoms with Gasteiger partial charge < -0.3 is 5.32 Å². The molecule has 1 amide bonds. The van der Waals surface area contributed by atoms with Gasteiger partial charge >= 0.3 is 0 Å². The number of carbonyl (C=O) groups excluding carboxylic acids is 1. The fraction of sp³-hybridized carbons (Fsp3) is 0.158. The maximum Gasteiger partial charge on any atom is 0.261 e. The smallest absolute Gasteiger partial charge is 0.261 e. The van der Waals surface area contributed by atoms with Crippen LogP contribution in [0.4, 0.5) is 23.2 Å². The number of carbonyl (C=O) groups is 1. The average Bonchev–Trinajstić information content (AvgIpc) is 2.94. The van der Waals surface area contributed by atoms with Crippen molar-refractivity contribution in [3.8, 4) is 11.3 Å². The zero-order valence-electron chi connectivity index (χ0n) is 14.5. The molecule has 0 atom stereocenters. The largest absolute Gasteiger partial charge is 0.322 e. The van der Waals surface area contributed by atoms with E-state index in [-0.39, 0.29) is 11.3 Å². The number of halogens is 4. The van der Waals surface area contributed by atoms with Crippen LogP contribution in [0.15, 0.2) is 36.4 Å². The van der Waals surface area contributed by atoms with Gasteiger partial charge in [-0.1, -0.05) is 0 Å². The second-order valence-corrected chi connectivity index (χ2v) is 5.88. The summed E-state index contributed by atoms with van der Waals surface area (Å²) in [6, 6.07) is 6.40. The first kappa shape index (κ1) is 18.6. The third-order valence-electron chi connectivity index (χ3n) is 3.94. The molecule has 1 aromatic heterocycles. The topological polar surface area (TPSA) is 46.9 Å². The molecule has 0 saturated carbocycles. The number of aromatic nitrogens is 2. The molecule has 140 valence electrons. The van der Waals surface area contributed by atoms with Gasteiger partial charge in [-0.3, -0.25) is 9.48 Å². The number of hydrogen-bond acceptors (Lipinski definition) is 2. The van der Waals surface area contributed by atoms with E-state index in [1.807, 2.05) is 6.92 Å². The van der Waals surface area contributed by atoms with E-state index in [1.54, 1.807) is 17.7 Å². The number of anilines is 1. The van der Waals surface area contributed by atoms with Crippen LogP contribution in [0.2, 0.25) is 0 Å². The average molecular weight is 377 g/mol. The molecule has 27 heavy (non-hydrogen) atoms. The number of benzene rings is 2. The highest BCUT2D eigenvalue weighted by molar-refractivity contribution is 6.04. The Bertz CT molecular complexity index is 1010. The fourth-order valence-electron chi connectivity index (χ4n) is 2.76. The van der Waals surface area contributed by atoms with E-state index in [0.29, 0.717) is 24.4 Å². The number of nitrogens with zero attached hydrogens (tertiary/aromatic N) is 2. The number of hydrogen-bond donors (Lipinski definition) is 1. The summed E-state index contributed by atoms with van der Waals surface area (Å²) in [6.07, 6.45) is 0. The molecule has 0 unspecified atom stereocenters. The fourth-order valence-corrected chi connectivity index (χ4v) is 2.76. The van der Waals surface area contributed by atoms with E-state index in [1.165, 1.54) is 12.1 Å². The van der Waals surface area contributed by atoms with Gasteiger partial charge in [0.05, 0.1) is 11.4 Å². The lowest BCUT2D eigenvalue weighted by Gasteiger charge is -2.10. The van der Waals surface area contributed by atoms with E-state index in [2.05, 4.69) is 10.4 Å². The van der Waals surface area contributed by atoms with Crippen molar-refractivity contribution in [2.45, 2.75) is 20.4 Å². The van der Waals surface area contributed by atoms with Gasteiger partial charge in [0.15, 0.2) is 0 Å². The highest BCUT2D eigenvalue weighted by Gasteiger charge is 2.20. The minimum absolute atomic E-state index is 0.00339. The molecule has 0 aliphatic rings. The second kappa shape index (κ2) is 7.22. The van der Waals surface area contributed by atoms with Crippen LogP contribution in [0.25, 0.3) is 11.3 Å². The van der Waals surface area contributed by atoms with Crippen LogP contribution in [-0.2, 0) is 6.54 Å². The maximum atomic E-state index is 14.5. The van der Waals surface area contributed by atoms with E-state index < -0.39 is 34.7 Å². The summed E-state index contributed by atoms with van der Waals surface area (Å²) in [7, 11) is 0. The van der Waals surface area contributed by atoms with Crippen LogP contribution in [0.1, 0.15) is 23.0 Å². The molecule has 3 rings (SSSR count). The Morgan fingerprint density at radius 3 is 2.30 bits per heavy atom. The van der Waals surface area contributed by atoms with E-state index in [4.69, 9.17) is 0 Å². The molecule has 0 saturated heterocycles. The third kappa shape index (κ3) is 3.69. The molecule has 0 bridgehead atoms. The summed E-state index contributed by atoms with van der Waals surface area (Å²) >= 11 is 0. The summed E-state index contributed by atoms with van der Waals surface area (Å²) in [5.41, 5.74) is 0.630. The monoisotopic (exact) mass is 377 g/mol. The third-order valence-corrected chi connectivity index (χ3v) is 3.94. The highest BCUT2D eigenvalue weighted by Crippen LogP contribution is 2.27. The summed E-state index contributed by atoms with van der Waals surface area (Å²) < 4.78 is 56.5. The number of rotatable bonds is 4. The molecule has 0 aliphatic heterocycles. The van der Waals surface area contributed by atoms with Gasteiger partial charge in [-0.05, 0) is 38.1 Å². The molecule has 0 radical (unpaired) electrons. The van der Waals surface area contributed by atoms with Crippen molar-refractivity contribution in [1.29, 1.82) is 0 Å².